The Morgan fingerprint density at radius 3 is 3.05 bits per heavy atom. The first-order chi connectivity index (χ1) is 9.72. The molecule has 2 aliphatic rings. The normalized spacial score (nSPS) is 21.1. The fourth-order valence-corrected chi connectivity index (χ4v) is 2.69. The fourth-order valence-electron chi connectivity index (χ4n) is 2.69. The molecule has 0 spiro atoms. The van der Waals surface area contributed by atoms with E-state index in [0.717, 1.165) is 36.4 Å². The standard InChI is InChI=1S/C15H19NO4/c17-12-2-1-7-16(9-12)15(18)6-4-11-3-5-13-14(8-11)20-10-19-13/h3,5,8,12,17H,1-2,4,6-7,9-10H2. The molecule has 2 aliphatic heterocycles. The van der Waals surface area contributed by atoms with Crippen molar-refractivity contribution in [2.24, 2.45) is 0 Å². The highest BCUT2D eigenvalue weighted by molar-refractivity contribution is 5.76. The highest BCUT2D eigenvalue weighted by Crippen LogP contribution is 2.32. The molecule has 3 rings (SSSR count). The highest BCUT2D eigenvalue weighted by atomic mass is 16.7. The monoisotopic (exact) mass is 277 g/mol. The number of rotatable bonds is 3. The zero-order valence-electron chi connectivity index (χ0n) is 11.4. The lowest BCUT2D eigenvalue weighted by atomic mass is 10.1. The lowest BCUT2D eigenvalue weighted by Crippen LogP contribution is -2.42. The maximum Gasteiger partial charge on any atom is 0.231 e. The number of aliphatic hydroxyl groups is 1. The van der Waals surface area contributed by atoms with Crippen LogP contribution in [0.25, 0.3) is 0 Å². The van der Waals surface area contributed by atoms with Crippen LogP contribution >= 0.6 is 0 Å². The van der Waals surface area contributed by atoms with Crippen LogP contribution in [0.1, 0.15) is 24.8 Å². The molecule has 0 radical (unpaired) electrons. The first kappa shape index (κ1) is 13.2. The van der Waals surface area contributed by atoms with Gasteiger partial charge in [0.25, 0.3) is 0 Å². The number of piperidine rings is 1. The molecule has 0 aliphatic carbocycles. The number of aryl methyl sites for hydroxylation is 1. The molecule has 1 amide bonds. The molecule has 1 N–H and O–H groups in total. The smallest absolute Gasteiger partial charge is 0.231 e. The molecule has 1 aromatic rings. The van der Waals surface area contributed by atoms with E-state index in [1.54, 1.807) is 4.90 Å². The summed E-state index contributed by atoms with van der Waals surface area (Å²) in [5, 5.41) is 9.60. The molecule has 2 heterocycles. The van der Waals surface area contributed by atoms with Crippen LogP contribution in [-0.4, -0.2) is 41.9 Å². The fraction of sp³-hybridized carbons (Fsp3) is 0.533. The van der Waals surface area contributed by atoms with Crippen LogP contribution in [0, 0.1) is 0 Å². The molecule has 1 fully saturated rings. The second kappa shape index (κ2) is 5.71. The van der Waals surface area contributed by atoms with Crippen LogP contribution in [0.4, 0.5) is 0 Å². The third-order valence-electron chi connectivity index (χ3n) is 3.81. The van der Waals surface area contributed by atoms with E-state index in [-0.39, 0.29) is 18.8 Å². The molecule has 0 saturated carbocycles. The van der Waals surface area contributed by atoms with E-state index in [2.05, 4.69) is 0 Å². The Kier molecular flexibility index (Phi) is 3.78. The summed E-state index contributed by atoms with van der Waals surface area (Å²) < 4.78 is 10.6. The maximum atomic E-state index is 12.1. The van der Waals surface area contributed by atoms with Crippen LogP contribution in [0.3, 0.4) is 0 Å². The summed E-state index contributed by atoms with van der Waals surface area (Å²) in [5.74, 6) is 1.63. The summed E-state index contributed by atoms with van der Waals surface area (Å²) >= 11 is 0. The largest absolute Gasteiger partial charge is 0.454 e. The number of carbonyl (C=O) groups is 1. The van der Waals surface area contributed by atoms with E-state index in [1.165, 1.54) is 0 Å². The van der Waals surface area contributed by atoms with Gasteiger partial charge in [-0.25, -0.2) is 0 Å². The predicted octanol–water partition coefficient (Wildman–Crippen LogP) is 1.33. The molecular formula is C15H19NO4. The topological polar surface area (TPSA) is 59.0 Å². The van der Waals surface area contributed by atoms with E-state index in [0.29, 0.717) is 19.4 Å². The van der Waals surface area contributed by atoms with Crippen LogP contribution in [0.15, 0.2) is 18.2 Å². The van der Waals surface area contributed by atoms with Gasteiger partial charge in [-0.05, 0) is 37.0 Å². The second-order valence-electron chi connectivity index (χ2n) is 5.32. The summed E-state index contributed by atoms with van der Waals surface area (Å²) in [6.45, 7) is 1.50. The number of aliphatic hydroxyl groups excluding tert-OH is 1. The van der Waals surface area contributed by atoms with Crippen LogP contribution in [0.5, 0.6) is 11.5 Å². The number of hydrogen-bond acceptors (Lipinski definition) is 4. The van der Waals surface area contributed by atoms with Gasteiger partial charge in [-0.3, -0.25) is 4.79 Å². The molecule has 1 atom stereocenters. The predicted molar refractivity (Wildman–Crippen MR) is 72.7 cm³/mol. The van der Waals surface area contributed by atoms with Crippen LogP contribution < -0.4 is 9.47 Å². The van der Waals surface area contributed by atoms with E-state index in [9.17, 15) is 9.90 Å². The SMILES string of the molecule is O=C(CCc1ccc2c(c1)OCO2)N1CCCC(O)C1. The van der Waals surface area contributed by atoms with Crippen molar-refractivity contribution in [1.82, 2.24) is 4.90 Å². The minimum atomic E-state index is -0.363. The number of likely N-dealkylation sites (tertiary alicyclic amines) is 1. The van der Waals surface area contributed by atoms with E-state index in [4.69, 9.17) is 9.47 Å². The third kappa shape index (κ3) is 2.88. The zero-order chi connectivity index (χ0) is 13.9. The summed E-state index contributed by atoms with van der Waals surface area (Å²) in [5.41, 5.74) is 1.07. The Balaban J connectivity index is 1.55. The van der Waals surface area contributed by atoms with Crippen molar-refractivity contribution >= 4 is 5.91 Å². The second-order valence-corrected chi connectivity index (χ2v) is 5.32. The van der Waals surface area contributed by atoms with Crippen molar-refractivity contribution in [3.8, 4) is 11.5 Å². The van der Waals surface area contributed by atoms with Crippen LogP contribution in [0.2, 0.25) is 0 Å². The van der Waals surface area contributed by atoms with Crippen molar-refractivity contribution in [2.45, 2.75) is 31.8 Å². The molecule has 0 bridgehead atoms. The van der Waals surface area contributed by atoms with Crippen molar-refractivity contribution in [1.29, 1.82) is 0 Å². The van der Waals surface area contributed by atoms with Gasteiger partial charge in [0.15, 0.2) is 11.5 Å². The molecule has 1 aromatic carbocycles. The van der Waals surface area contributed by atoms with Gasteiger partial charge in [-0.15, -0.1) is 0 Å². The first-order valence-corrected chi connectivity index (χ1v) is 7.07. The number of benzene rings is 1. The first-order valence-electron chi connectivity index (χ1n) is 7.07. The Morgan fingerprint density at radius 1 is 1.35 bits per heavy atom. The minimum absolute atomic E-state index is 0.112. The quantitative estimate of drug-likeness (QED) is 0.905. The summed E-state index contributed by atoms with van der Waals surface area (Å²) in [6.07, 6.45) is 2.47. The van der Waals surface area contributed by atoms with E-state index < -0.39 is 0 Å². The molecule has 1 unspecified atom stereocenters. The highest BCUT2D eigenvalue weighted by Gasteiger charge is 2.22. The third-order valence-corrected chi connectivity index (χ3v) is 3.81. The minimum Gasteiger partial charge on any atom is -0.454 e. The number of nitrogens with zero attached hydrogens (tertiary/aromatic N) is 1. The van der Waals surface area contributed by atoms with Gasteiger partial charge in [0.2, 0.25) is 12.7 Å². The Bertz CT molecular complexity index is 503. The molecule has 1 saturated heterocycles. The maximum absolute atomic E-state index is 12.1. The van der Waals surface area contributed by atoms with Gasteiger partial charge >= 0.3 is 0 Å². The molecule has 20 heavy (non-hydrogen) atoms. The van der Waals surface area contributed by atoms with Gasteiger partial charge in [-0.2, -0.15) is 0 Å². The van der Waals surface area contributed by atoms with Crippen molar-refractivity contribution in [3.63, 3.8) is 0 Å². The number of hydrogen-bond donors (Lipinski definition) is 1. The van der Waals surface area contributed by atoms with E-state index >= 15 is 0 Å². The lowest BCUT2D eigenvalue weighted by molar-refractivity contribution is -0.134. The number of fused-ring (bicyclic) bond motifs is 1. The number of amides is 1. The van der Waals surface area contributed by atoms with Crippen molar-refractivity contribution in [3.05, 3.63) is 23.8 Å². The molecular weight excluding hydrogens is 258 g/mol. The molecule has 5 nitrogen and oxygen atoms in total. The molecule has 5 heteroatoms. The number of ether oxygens (including phenoxy) is 2. The molecule has 108 valence electrons. The number of carbonyl (C=O) groups excluding carboxylic acids is 1. The number of β-amino-alcohol motifs (C(OH)–C–C–N with tert-alkyl or cyclic N) is 1. The summed E-state index contributed by atoms with van der Waals surface area (Å²) in [7, 11) is 0. The van der Waals surface area contributed by atoms with Gasteiger partial charge in [0, 0.05) is 19.5 Å². The van der Waals surface area contributed by atoms with Crippen LogP contribution in [-0.2, 0) is 11.2 Å². The van der Waals surface area contributed by atoms with Crippen molar-refractivity contribution in [2.75, 3.05) is 19.9 Å². The average Bonchev–Trinajstić information content (AvgIpc) is 2.92. The Hall–Kier alpha value is -1.75. The van der Waals surface area contributed by atoms with Crippen molar-refractivity contribution < 1.29 is 19.4 Å². The van der Waals surface area contributed by atoms with Gasteiger partial charge < -0.3 is 19.5 Å². The zero-order valence-corrected chi connectivity index (χ0v) is 11.4. The Morgan fingerprint density at radius 2 is 2.20 bits per heavy atom. The van der Waals surface area contributed by atoms with E-state index in [1.807, 2.05) is 18.2 Å². The summed E-state index contributed by atoms with van der Waals surface area (Å²) in [6, 6.07) is 5.78. The Labute approximate surface area is 118 Å². The average molecular weight is 277 g/mol. The van der Waals surface area contributed by atoms with Gasteiger partial charge in [0.05, 0.1) is 6.10 Å². The molecule has 0 aromatic heterocycles. The van der Waals surface area contributed by atoms with Gasteiger partial charge in [-0.1, -0.05) is 6.07 Å². The lowest BCUT2D eigenvalue weighted by Gasteiger charge is -2.30. The van der Waals surface area contributed by atoms with Gasteiger partial charge in [0.1, 0.15) is 0 Å². The summed E-state index contributed by atoms with van der Waals surface area (Å²) in [4.78, 5) is 13.9.